The molecule has 0 bridgehead atoms. The Labute approximate surface area is 134 Å². The minimum Gasteiger partial charge on any atom is -0.326 e. The number of nitrogens with one attached hydrogen (secondary N) is 1. The third-order valence-electron chi connectivity index (χ3n) is 5.00. The quantitative estimate of drug-likeness (QED) is 0.696. The van der Waals surface area contributed by atoms with Crippen molar-refractivity contribution in [2.75, 3.05) is 18.6 Å². The number of hydrogen-bond donors (Lipinski definition) is 1. The van der Waals surface area contributed by atoms with Crippen molar-refractivity contribution in [2.45, 2.75) is 71.0 Å². The van der Waals surface area contributed by atoms with Crippen LogP contribution < -0.4 is 5.32 Å². The highest BCUT2D eigenvalue weighted by atomic mass is 32.2. The molecule has 1 heterocycles. The normalized spacial score (nSPS) is 27.2. The van der Waals surface area contributed by atoms with Crippen molar-refractivity contribution in [1.29, 1.82) is 0 Å². The van der Waals surface area contributed by atoms with Gasteiger partial charge in [-0.1, -0.05) is 33.1 Å². The van der Waals surface area contributed by atoms with Crippen LogP contribution in [0.3, 0.4) is 0 Å². The zero-order valence-electron chi connectivity index (χ0n) is 13.9. The highest BCUT2D eigenvalue weighted by Crippen LogP contribution is 2.33. The van der Waals surface area contributed by atoms with E-state index in [1.54, 1.807) is 0 Å². The van der Waals surface area contributed by atoms with Crippen LogP contribution in [-0.2, 0) is 4.79 Å². The van der Waals surface area contributed by atoms with Crippen LogP contribution in [0, 0.1) is 11.8 Å². The van der Waals surface area contributed by atoms with Gasteiger partial charge in [-0.2, -0.15) is 11.8 Å². The smallest absolute Gasteiger partial charge is 0.241 e. The maximum atomic E-state index is 12.7. The lowest BCUT2D eigenvalue weighted by molar-refractivity contribution is -0.131. The summed E-state index contributed by atoms with van der Waals surface area (Å²) in [6.07, 6.45) is 11.4. The van der Waals surface area contributed by atoms with Crippen molar-refractivity contribution in [2.24, 2.45) is 11.8 Å². The monoisotopic (exact) mass is 312 g/mol. The molecule has 3 nitrogen and oxygen atoms in total. The molecule has 1 amide bonds. The van der Waals surface area contributed by atoms with E-state index in [0.29, 0.717) is 23.9 Å². The Hall–Kier alpha value is -0.220. The number of amides is 1. The second kappa shape index (κ2) is 8.42. The van der Waals surface area contributed by atoms with Crippen LogP contribution in [0.1, 0.15) is 58.8 Å². The lowest BCUT2D eigenvalue weighted by atomic mass is 10.0. The van der Waals surface area contributed by atoms with Crippen LogP contribution in [0.15, 0.2) is 0 Å². The molecule has 21 heavy (non-hydrogen) atoms. The fourth-order valence-corrected chi connectivity index (χ4v) is 4.25. The van der Waals surface area contributed by atoms with Crippen LogP contribution in [0.25, 0.3) is 0 Å². The number of carbonyl (C=O) groups is 1. The summed E-state index contributed by atoms with van der Waals surface area (Å²) in [7, 11) is 0. The lowest BCUT2D eigenvalue weighted by Crippen LogP contribution is -2.43. The third kappa shape index (κ3) is 4.38. The first-order valence-corrected chi connectivity index (χ1v) is 10.1. The maximum Gasteiger partial charge on any atom is 0.241 e. The average molecular weight is 313 g/mol. The number of carbonyl (C=O) groups excluding carboxylic acids is 1. The predicted molar refractivity (Wildman–Crippen MR) is 91.5 cm³/mol. The van der Waals surface area contributed by atoms with E-state index in [1.807, 2.05) is 11.8 Å². The highest BCUT2D eigenvalue weighted by molar-refractivity contribution is 7.98. The van der Waals surface area contributed by atoms with Crippen molar-refractivity contribution in [1.82, 2.24) is 10.2 Å². The van der Waals surface area contributed by atoms with E-state index >= 15 is 0 Å². The van der Waals surface area contributed by atoms with Crippen molar-refractivity contribution in [3.05, 3.63) is 0 Å². The van der Waals surface area contributed by atoms with Gasteiger partial charge in [0.25, 0.3) is 0 Å². The van der Waals surface area contributed by atoms with Gasteiger partial charge in [0.15, 0.2) is 0 Å². The molecule has 2 aliphatic rings. The first-order valence-electron chi connectivity index (χ1n) is 8.70. The van der Waals surface area contributed by atoms with Gasteiger partial charge in [0.2, 0.25) is 5.91 Å². The maximum absolute atomic E-state index is 12.7. The molecular formula is C17H32N2OS. The zero-order chi connectivity index (χ0) is 15.2. The van der Waals surface area contributed by atoms with Crippen molar-refractivity contribution in [3.63, 3.8) is 0 Å². The summed E-state index contributed by atoms with van der Waals surface area (Å²) in [4.78, 5) is 14.9. The topological polar surface area (TPSA) is 32.3 Å². The Morgan fingerprint density at radius 3 is 2.57 bits per heavy atom. The second-order valence-corrected chi connectivity index (χ2v) is 7.95. The van der Waals surface area contributed by atoms with Crippen molar-refractivity contribution < 1.29 is 4.79 Å². The van der Waals surface area contributed by atoms with Crippen LogP contribution >= 0.6 is 11.8 Å². The Kier molecular flexibility index (Phi) is 6.87. The molecule has 1 aliphatic heterocycles. The van der Waals surface area contributed by atoms with Gasteiger partial charge in [-0.05, 0) is 49.5 Å². The Balaban J connectivity index is 1.90. The molecule has 2 rings (SSSR count). The summed E-state index contributed by atoms with van der Waals surface area (Å²) in [5.74, 6) is 2.67. The zero-order valence-corrected chi connectivity index (χ0v) is 14.8. The third-order valence-corrected chi connectivity index (χ3v) is 5.69. The number of thioether (sulfide) groups is 1. The van der Waals surface area contributed by atoms with Crippen LogP contribution in [-0.4, -0.2) is 41.6 Å². The van der Waals surface area contributed by atoms with E-state index in [4.69, 9.17) is 0 Å². The number of rotatable bonds is 8. The fourth-order valence-electron chi connectivity index (χ4n) is 3.76. The van der Waals surface area contributed by atoms with Gasteiger partial charge in [-0.25, -0.2) is 0 Å². The minimum absolute atomic E-state index is 0.0433. The molecule has 0 aromatic carbocycles. The molecule has 0 radical (unpaired) electrons. The standard InChI is InChI=1S/C17H32N2OS/c1-13(2)15-17(20)19(11-7-4-8-12-21-3)16(18-15)14-9-5-6-10-14/h13-16,18H,4-12H2,1-3H3. The Morgan fingerprint density at radius 1 is 1.24 bits per heavy atom. The molecule has 2 unspecified atom stereocenters. The highest BCUT2D eigenvalue weighted by Gasteiger charge is 2.43. The predicted octanol–water partition coefficient (Wildman–Crippen LogP) is 3.49. The SMILES string of the molecule is CSCCCCCN1C(=O)C(C(C)C)NC1C1CCCC1. The number of hydrogen-bond acceptors (Lipinski definition) is 3. The van der Waals surface area contributed by atoms with Gasteiger partial charge < -0.3 is 4.90 Å². The van der Waals surface area contributed by atoms with Gasteiger partial charge in [0.05, 0.1) is 12.2 Å². The number of nitrogens with zero attached hydrogens (tertiary/aromatic N) is 1. The van der Waals surface area contributed by atoms with Gasteiger partial charge in [0, 0.05) is 6.54 Å². The second-order valence-electron chi connectivity index (χ2n) is 6.96. The number of unbranched alkanes of at least 4 members (excludes halogenated alkanes) is 2. The van der Waals surface area contributed by atoms with Crippen LogP contribution in [0.2, 0.25) is 0 Å². The summed E-state index contributed by atoms with van der Waals surface area (Å²) >= 11 is 1.92. The van der Waals surface area contributed by atoms with Crippen molar-refractivity contribution >= 4 is 17.7 Å². The van der Waals surface area contributed by atoms with Gasteiger partial charge >= 0.3 is 0 Å². The summed E-state index contributed by atoms with van der Waals surface area (Å²) in [5.41, 5.74) is 0. The van der Waals surface area contributed by atoms with E-state index in [9.17, 15) is 4.79 Å². The summed E-state index contributed by atoms with van der Waals surface area (Å²) in [6.45, 7) is 5.26. The Bertz CT molecular complexity index is 329. The van der Waals surface area contributed by atoms with E-state index in [0.717, 1.165) is 13.0 Å². The van der Waals surface area contributed by atoms with E-state index in [2.05, 4.69) is 30.3 Å². The average Bonchev–Trinajstić information content (AvgIpc) is 3.07. The lowest BCUT2D eigenvalue weighted by Gasteiger charge is -2.29. The summed E-state index contributed by atoms with van der Waals surface area (Å²) < 4.78 is 0. The summed E-state index contributed by atoms with van der Waals surface area (Å²) in [6, 6.07) is 0.0433. The largest absolute Gasteiger partial charge is 0.326 e. The molecular weight excluding hydrogens is 280 g/mol. The van der Waals surface area contributed by atoms with Crippen LogP contribution in [0.5, 0.6) is 0 Å². The van der Waals surface area contributed by atoms with Gasteiger partial charge in [-0.15, -0.1) is 0 Å². The first-order chi connectivity index (χ1) is 10.1. The minimum atomic E-state index is 0.0433. The van der Waals surface area contributed by atoms with Crippen molar-refractivity contribution in [3.8, 4) is 0 Å². The molecule has 1 aliphatic carbocycles. The fraction of sp³-hybridized carbons (Fsp3) is 0.941. The van der Waals surface area contributed by atoms with E-state index in [1.165, 1.54) is 44.3 Å². The molecule has 4 heteroatoms. The molecule has 0 spiro atoms. The van der Waals surface area contributed by atoms with Crippen LogP contribution in [0.4, 0.5) is 0 Å². The summed E-state index contributed by atoms with van der Waals surface area (Å²) in [5, 5.41) is 3.66. The van der Waals surface area contributed by atoms with Gasteiger partial charge in [-0.3, -0.25) is 10.1 Å². The molecule has 0 aromatic rings. The molecule has 122 valence electrons. The molecule has 2 fully saturated rings. The molecule has 0 aromatic heterocycles. The van der Waals surface area contributed by atoms with Gasteiger partial charge in [0.1, 0.15) is 0 Å². The molecule has 1 N–H and O–H groups in total. The van der Waals surface area contributed by atoms with E-state index in [-0.39, 0.29) is 6.04 Å². The molecule has 2 atom stereocenters. The molecule has 1 saturated heterocycles. The van der Waals surface area contributed by atoms with E-state index < -0.39 is 0 Å². The Morgan fingerprint density at radius 2 is 1.95 bits per heavy atom. The first kappa shape index (κ1) is 17.1. The molecule has 1 saturated carbocycles.